The number of aryl methyl sites for hydroxylation is 1. The van der Waals surface area contributed by atoms with Crippen LogP contribution in [0.4, 0.5) is 18.9 Å². The molecule has 2 bridgehead atoms. The number of methoxy groups -OCH3 is 2. The molecule has 3 aromatic carbocycles. The average Bonchev–Trinajstić information content (AvgIpc) is 0.784. The number of rotatable bonds is 35. The van der Waals surface area contributed by atoms with Gasteiger partial charge in [0.15, 0.2) is 0 Å². The molecule has 4 aliphatic heterocycles. The lowest BCUT2D eigenvalue weighted by Crippen LogP contribution is -2.61. The van der Waals surface area contributed by atoms with Crippen LogP contribution in [0.3, 0.4) is 0 Å². The van der Waals surface area contributed by atoms with E-state index in [9.17, 15) is 44.1 Å². The highest BCUT2D eigenvalue weighted by molar-refractivity contribution is 6.39. The number of piperazine rings is 1. The molecular formula is C102H136F3N11O20. The van der Waals surface area contributed by atoms with Crippen LogP contribution in [0.5, 0.6) is 0 Å². The molecule has 740 valence electrons. The Balaban J connectivity index is 0.497. The van der Waals surface area contributed by atoms with Crippen LogP contribution in [0.2, 0.25) is 0 Å². The third-order valence-corrected chi connectivity index (χ3v) is 26.7. The number of unbranched alkanes of at least 4 members (excludes halogenated alkanes) is 1. The number of alkyl halides is 3. The number of carbonyl (C=O) groups is 5. The number of nitrogens with two attached hydrogens (primary N) is 1. The number of cyclic esters (lactones) is 1. The van der Waals surface area contributed by atoms with E-state index in [0.29, 0.717) is 165 Å². The zero-order valence-corrected chi connectivity index (χ0v) is 79.6. The van der Waals surface area contributed by atoms with Crippen molar-refractivity contribution in [3.05, 3.63) is 167 Å². The summed E-state index contributed by atoms with van der Waals surface area (Å²) >= 11 is 0. The number of para-hydroxylation sites is 1. The maximum absolute atomic E-state index is 15.1. The van der Waals surface area contributed by atoms with Crippen molar-refractivity contribution in [1.82, 2.24) is 39.3 Å². The highest BCUT2D eigenvalue weighted by atomic mass is 19.4. The van der Waals surface area contributed by atoms with Crippen molar-refractivity contribution >= 4 is 73.5 Å². The Kier molecular flexibility index (Phi) is 39.6. The topological polar surface area (TPSA) is 386 Å². The van der Waals surface area contributed by atoms with E-state index in [1.807, 2.05) is 106 Å². The number of carbonyl (C=O) groups excluding carboxylic acids is 5. The maximum atomic E-state index is 15.1. The third kappa shape index (κ3) is 28.7. The molecule has 4 aromatic heterocycles. The second kappa shape index (κ2) is 51.2. The zero-order valence-electron chi connectivity index (χ0n) is 79.6. The molecule has 15 atom stereocenters. The number of hydrogen-bond acceptors (Lipinski definition) is 27. The molecule has 2 amide bonds. The first kappa shape index (κ1) is 105. The van der Waals surface area contributed by atoms with Crippen molar-refractivity contribution < 1.29 is 105 Å². The normalized spacial score (nSPS) is 26.4. The number of aromatic nitrogens is 6. The number of fused-ring (bicyclic) bond motifs is 7. The van der Waals surface area contributed by atoms with Crippen molar-refractivity contribution in [1.29, 1.82) is 5.41 Å². The summed E-state index contributed by atoms with van der Waals surface area (Å²) in [5.74, 6) is -8.18. The van der Waals surface area contributed by atoms with Gasteiger partial charge in [-0.3, -0.25) is 38.5 Å². The van der Waals surface area contributed by atoms with Gasteiger partial charge >= 0.3 is 12.1 Å². The van der Waals surface area contributed by atoms with Gasteiger partial charge in [0.2, 0.25) is 11.7 Å². The van der Waals surface area contributed by atoms with Gasteiger partial charge < -0.3 is 93.3 Å². The van der Waals surface area contributed by atoms with Crippen LogP contribution < -0.4 is 16.2 Å². The number of piperidine rings is 1. The molecule has 8 heterocycles. The number of allylic oxidation sites excluding steroid dienone is 6. The SMILES string of the molecule is CO[C@H]1C[C@@H]2CC[C@@H](C)[C@@](O)(O2)C(=O)C(=O)N2CCCC[C@H]2C(=O)O[C@H]([C@H](N)C[C@@H]2CC[C@@H](OCCCCc3cn(CCOCCOCCOCCOCCOCCOCCC(=O)N4CCN(c5ccc(-n6c(=O)ccc7cnc8ccc(-c9cnc%10ccccc%10c9)cc8c76)cc5C(F)(F)F)CC4)nn3)[C@H](OC)C2)CC(=O)[C@H](C)/C=C(\C)[C@@H](O)[C@@H](O)C(=N)[C@H](C)C[C@H](C)/C=C/C=C/C=C/1C. The van der Waals surface area contributed by atoms with Crippen molar-refractivity contribution in [3.63, 3.8) is 0 Å². The average molecular weight is 1890 g/mol. The van der Waals surface area contributed by atoms with Crippen molar-refractivity contribution in [2.75, 3.05) is 138 Å². The van der Waals surface area contributed by atoms with Gasteiger partial charge in [-0.1, -0.05) is 93.6 Å². The van der Waals surface area contributed by atoms with Crippen LogP contribution in [-0.2, 0) is 95.2 Å². The van der Waals surface area contributed by atoms with Crippen LogP contribution in [0, 0.1) is 35.0 Å². The molecule has 31 nitrogen and oxygen atoms in total. The van der Waals surface area contributed by atoms with Crippen LogP contribution in [0.15, 0.2) is 150 Å². The number of benzene rings is 3. The van der Waals surface area contributed by atoms with Gasteiger partial charge in [0.25, 0.3) is 17.2 Å². The molecule has 3 saturated heterocycles. The second-order valence-corrected chi connectivity index (χ2v) is 36.6. The second-order valence-electron chi connectivity index (χ2n) is 36.6. The lowest BCUT2D eigenvalue weighted by atomic mass is 9.80. The molecule has 7 aromatic rings. The number of aliphatic hydroxyl groups excluding tert-OH is 2. The summed E-state index contributed by atoms with van der Waals surface area (Å²) in [7, 11) is 3.21. The van der Waals surface area contributed by atoms with E-state index in [0.717, 1.165) is 57.1 Å². The van der Waals surface area contributed by atoms with E-state index in [4.69, 9.17) is 63.2 Å². The summed E-state index contributed by atoms with van der Waals surface area (Å²) in [5.41, 5.74) is 11.1. The molecule has 1 aliphatic carbocycles. The Labute approximate surface area is 793 Å². The predicted molar refractivity (Wildman–Crippen MR) is 507 cm³/mol. The van der Waals surface area contributed by atoms with Crippen molar-refractivity contribution in [2.45, 2.75) is 218 Å². The minimum absolute atomic E-state index is 0.00190. The van der Waals surface area contributed by atoms with Gasteiger partial charge in [0.1, 0.15) is 30.1 Å². The molecule has 5 aliphatic rings. The Hall–Kier alpha value is -9.76. The Morgan fingerprint density at radius 3 is 2.10 bits per heavy atom. The van der Waals surface area contributed by atoms with E-state index < -0.39 is 101 Å². The first-order valence-electron chi connectivity index (χ1n) is 48.0. The minimum atomic E-state index is -4.77. The zero-order chi connectivity index (χ0) is 97.0. The van der Waals surface area contributed by atoms with Crippen LogP contribution in [0.1, 0.15) is 149 Å². The number of pyridine rings is 3. The number of halogens is 3. The number of anilines is 1. The highest BCUT2D eigenvalue weighted by Gasteiger charge is 2.53. The van der Waals surface area contributed by atoms with E-state index in [1.54, 1.807) is 67.9 Å². The Bertz CT molecular complexity index is 5330. The van der Waals surface area contributed by atoms with E-state index in [2.05, 4.69) is 20.3 Å². The molecular weight excluding hydrogens is 1760 g/mol. The fourth-order valence-electron chi connectivity index (χ4n) is 18.7. The molecule has 136 heavy (non-hydrogen) atoms. The summed E-state index contributed by atoms with van der Waals surface area (Å²) in [4.78, 5) is 98.8. The van der Waals surface area contributed by atoms with Crippen LogP contribution in [-0.4, -0.2) is 283 Å². The van der Waals surface area contributed by atoms with Crippen LogP contribution >= 0.6 is 0 Å². The van der Waals surface area contributed by atoms with Crippen molar-refractivity contribution in [2.24, 2.45) is 35.3 Å². The summed E-state index contributed by atoms with van der Waals surface area (Å²) < 4.78 is 113. The standard InChI is InChI=1S/C102H136F3N11O20/c1-66-18-10-9-11-19-67(2)89(126-7)61-79-29-24-71(6)101(125,136-79)98(122)99(123)115-35-16-14-23-86(115)100(124)135-90(62-87(117)68(3)55-70(5)96(120)97(121)94(107)69(4)54-66)82(106)56-72-25-32-88(91(57-72)127-8)134-41-17-15-21-77-65-114(111-110-77)40-43-129-45-47-131-49-51-133-53-52-132-50-48-130-46-44-128-42-34-92(118)113-38-36-112(37-39-113)85-31-28-78(60-81(85)102(103,104)105)116-93(119)33-27-75-63-109-84-30-26-73(59-80(84)95(75)116)76-58-74-20-12-13-22-83(74)108-64-76/h9-13,18-20,22,26-28,30-31,33,55,58-60,63-66,68-69,71-72,79,82,86,88-91,96-97,107,120-121,125H,14-17,21,23-25,29,32,34-54,56-57,61-62,106H2,1-8H3/b11-9+,18-10+,67-19+,70-55+,107-94?/t66-,68-,69-,71-,72+,79+,82-,86+,88-,89+,90+,91-,96-,97+,101-/m1/s1. The number of Topliss-reactive ketones (excluding diaryl/α,β-unsaturated/α-hetero) is 2. The molecule has 6 N–H and O–H groups in total. The molecule has 12 rings (SSSR count). The number of ketones is 2. The Morgan fingerprint density at radius 1 is 0.684 bits per heavy atom. The van der Waals surface area contributed by atoms with Gasteiger partial charge in [-0.25, -0.2) is 9.48 Å². The predicted octanol–water partition coefficient (Wildman–Crippen LogP) is 12.2. The maximum Gasteiger partial charge on any atom is 0.418 e. The summed E-state index contributed by atoms with van der Waals surface area (Å²) in [6.07, 6.45) is 12.9. The molecule has 0 radical (unpaired) electrons. The fraction of sp³-hybridized carbons (Fsp3) is 0.578. The van der Waals surface area contributed by atoms with Gasteiger partial charge in [0.05, 0.1) is 150 Å². The third-order valence-electron chi connectivity index (χ3n) is 26.7. The number of nitrogens with one attached hydrogen (secondary N) is 1. The number of ether oxygens (including phenoxy) is 11. The number of amides is 2. The van der Waals surface area contributed by atoms with Gasteiger partial charge in [0, 0.05) is 142 Å². The Morgan fingerprint density at radius 2 is 1.39 bits per heavy atom. The summed E-state index contributed by atoms with van der Waals surface area (Å²) in [6, 6.07) is 20.2. The monoisotopic (exact) mass is 1890 g/mol. The van der Waals surface area contributed by atoms with Gasteiger partial charge in [-0.2, -0.15) is 13.2 Å². The quantitative estimate of drug-likeness (QED) is 0.00810. The highest BCUT2D eigenvalue weighted by Crippen LogP contribution is 2.42. The van der Waals surface area contributed by atoms with Crippen molar-refractivity contribution in [3.8, 4) is 16.8 Å². The molecule has 0 spiro atoms. The number of esters is 1. The minimum Gasteiger partial charge on any atom is -0.459 e. The molecule has 0 unspecified atom stereocenters. The lowest BCUT2D eigenvalue weighted by molar-refractivity contribution is -0.265. The van der Waals surface area contributed by atoms with Gasteiger partial charge in [-0.05, 0) is 180 Å². The molecule has 4 fully saturated rings. The number of aliphatic hydroxyl groups is 3. The lowest BCUT2D eigenvalue weighted by Gasteiger charge is -2.42. The number of nitrogens with zero attached hydrogens (tertiary/aromatic N) is 9. The number of hydrogen-bond donors (Lipinski definition) is 5. The van der Waals surface area contributed by atoms with E-state index in [-0.39, 0.29) is 130 Å². The van der Waals surface area contributed by atoms with Crippen LogP contribution in [0.25, 0.3) is 49.5 Å². The van der Waals surface area contributed by atoms with Gasteiger partial charge in [-0.15, -0.1) is 5.10 Å². The van der Waals surface area contributed by atoms with E-state index in [1.165, 1.54) is 28.8 Å². The first-order valence-corrected chi connectivity index (χ1v) is 48.0. The molecule has 1 saturated carbocycles. The summed E-state index contributed by atoms with van der Waals surface area (Å²) in [5, 5.41) is 54.5. The fourth-order valence-corrected chi connectivity index (χ4v) is 18.7. The first-order chi connectivity index (χ1) is 65.5. The molecule has 34 heteroatoms. The van der Waals surface area contributed by atoms with E-state index >= 15 is 13.2 Å². The largest absolute Gasteiger partial charge is 0.459 e. The smallest absolute Gasteiger partial charge is 0.418 e. The summed E-state index contributed by atoms with van der Waals surface area (Å²) in [6.45, 7) is 16.5.